The number of hydrogen-bond acceptors (Lipinski definition) is 6. The van der Waals surface area contributed by atoms with E-state index in [0.29, 0.717) is 25.1 Å². The van der Waals surface area contributed by atoms with E-state index in [1.165, 1.54) is 29.3 Å². The van der Waals surface area contributed by atoms with Crippen LogP contribution >= 0.6 is 0 Å². The van der Waals surface area contributed by atoms with Crippen LogP contribution in [0.1, 0.15) is 18.6 Å². The molecule has 0 aliphatic carbocycles. The number of primary amides is 1. The van der Waals surface area contributed by atoms with Crippen LogP contribution in [0.3, 0.4) is 0 Å². The van der Waals surface area contributed by atoms with Gasteiger partial charge in [-0.1, -0.05) is 35.5 Å². The number of halogens is 1. The molecule has 2 N–H and O–H groups in total. The van der Waals surface area contributed by atoms with Crippen molar-refractivity contribution in [2.75, 3.05) is 18.6 Å². The van der Waals surface area contributed by atoms with E-state index in [1.54, 1.807) is 11.9 Å². The van der Waals surface area contributed by atoms with Gasteiger partial charge in [0.1, 0.15) is 29.0 Å². The Morgan fingerprint density at radius 1 is 1.18 bits per heavy atom. The molecule has 2 amide bonds. The number of carbonyl (C=O) groups is 2. The van der Waals surface area contributed by atoms with Crippen molar-refractivity contribution in [3.8, 4) is 11.3 Å². The quantitative estimate of drug-likeness (QED) is 0.569. The van der Waals surface area contributed by atoms with E-state index in [9.17, 15) is 14.0 Å². The van der Waals surface area contributed by atoms with Gasteiger partial charge in [0.25, 0.3) is 5.91 Å². The molecule has 33 heavy (non-hydrogen) atoms. The van der Waals surface area contributed by atoms with Gasteiger partial charge in [0, 0.05) is 38.1 Å². The first-order chi connectivity index (χ1) is 15.9. The van der Waals surface area contributed by atoms with Crippen molar-refractivity contribution in [2.24, 2.45) is 10.8 Å². The summed E-state index contributed by atoms with van der Waals surface area (Å²) < 4.78 is 18.7. The molecular formula is C24H24FN5O3. The van der Waals surface area contributed by atoms with Crippen molar-refractivity contribution in [3.05, 3.63) is 72.2 Å². The largest absolute Gasteiger partial charge is 0.368 e. The Bertz CT molecular complexity index is 1160. The highest BCUT2D eigenvalue weighted by molar-refractivity contribution is 6.40. The molecule has 1 aliphatic heterocycles. The molecule has 0 radical (unpaired) electrons. The van der Waals surface area contributed by atoms with Crippen molar-refractivity contribution in [1.29, 1.82) is 0 Å². The van der Waals surface area contributed by atoms with E-state index >= 15 is 0 Å². The number of nitrogens with zero attached hydrogens (tertiary/aromatic N) is 4. The molecule has 1 aromatic heterocycles. The average molecular weight is 449 g/mol. The second-order valence-corrected chi connectivity index (χ2v) is 7.86. The summed E-state index contributed by atoms with van der Waals surface area (Å²) in [6, 6.07) is 16.4. The zero-order valence-electron chi connectivity index (χ0n) is 18.1. The number of hydrazone groups is 1. The Morgan fingerprint density at radius 3 is 2.61 bits per heavy atom. The molecule has 0 fully saturated rings. The standard InChI is InChI=1S/C24H24FN5O3/c1-29(13-5-8-19-14-20(28-33-19)16-6-3-2-4-7-16)24(32)21-15-22(23(26)31)30(27-21)18-11-9-17(25)10-12-18/h2-4,6-7,9-12,14,22H,5,8,13,15H2,1H3,(H2,26,31). The maximum absolute atomic E-state index is 13.3. The fraction of sp³-hybridized carbons (Fsp3) is 0.250. The van der Waals surface area contributed by atoms with Gasteiger partial charge in [0.05, 0.1) is 5.69 Å². The summed E-state index contributed by atoms with van der Waals surface area (Å²) in [6.07, 6.45) is 1.38. The van der Waals surface area contributed by atoms with E-state index in [2.05, 4.69) is 10.3 Å². The second-order valence-electron chi connectivity index (χ2n) is 7.86. The molecule has 1 atom stereocenters. The minimum Gasteiger partial charge on any atom is -0.368 e. The number of rotatable bonds is 8. The summed E-state index contributed by atoms with van der Waals surface area (Å²) in [4.78, 5) is 26.4. The normalized spacial score (nSPS) is 15.4. The van der Waals surface area contributed by atoms with Gasteiger partial charge in [-0.25, -0.2) is 4.39 Å². The maximum Gasteiger partial charge on any atom is 0.269 e. The van der Waals surface area contributed by atoms with Crippen LogP contribution in [0.5, 0.6) is 0 Å². The van der Waals surface area contributed by atoms with E-state index < -0.39 is 17.8 Å². The Hall–Kier alpha value is -4.01. The molecule has 9 heteroatoms. The van der Waals surface area contributed by atoms with E-state index in [0.717, 1.165) is 17.0 Å². The SMILES string of the molecule is CN(CCCc1cc(-c2ccccc2)no1)C(=O)C1=NN(c2ccc(F)cc2)C(C(N)=O)C1. The van der Waals surface area contributed by atoms with Crippen LogP contribution in [0.25, 0.3) is 11.3 Å². The third kappa shape index (κ3) is 5.08. The van der Waals surface area contributed by atoms with E-state index in [4.69, 9.17) is 10.3 Å². The highest BCUT2D eigenvalue weighted by atomic mass is 19.1. The van der Waals surface area contributed by atoms with Crippen LogP contribution in [-0.4, -0.2) is 47.2 Å². The molecular weight excluding hydrogens is 425 g/mol. The van der Waals surface area contributed by atoms with Crippen molar-refractivity contribution in [3.63, 3.8) is 0 Å². The lowest BCUT2D eigenvalue weighted by Gasteiger charge is -2.20. The summed E-state index contributed by atoms with van der Waals surface area (Å²) in [5.41, 5.74) is 7.99. The minimum absolute atomic E-state index is 0.0957. The molecule has 0 spiro atoms. The van der Waals surface area contributed by atoms with Gasteiger partial charge < -0.3 is 15.2 Å². The van der Waals surface area contributed by atoms with Crippen molar-refractivity contribution in [2.45, 2.75) is 25.3 Å². The van der Waals surface area contributed by atoms with Crippen molar-refractivity contribution in [1.82, 2.24) is 10.1 Å². The Kier molecular flexibility index (Phi) is 6.48. The molecule has 3 aromatic rings. The van der Waals surface area contributed by atoms with Gasteiger partial charge in [-0.05, 0) is 30.7 Å². The van der Waals surface area contributed by atoms with Crippen LogP contribution in [-0.2, 0) is 16.0 Å². The van der Waals surface area contributed by atoms with Gasteiger partial charge in [-0.15, -0.1) is 0 Å². The fourth-order valence-corrected chi connectivity index (χ4v) is 3.68. The highest BCUT2D eigenvalue weighted by Gasteiger charge is 2.35. The molecule has 2 aromatic carbocycles. The Morgan fingerprint density at radius 2 is 1.91 bits per heavy atom. The predicted molar refractivity (Wildman–Crippen MR) is 122 cm³/mol. The van der Waals surface area contributed by atoms with Crippen LogP contribution in [0.4, 0.5) is 10.1 Å². The number of benzene rings is 2. The smallest absolute Gasteiger partial charge is 0.269 e. The first-order valence-electron chi connectivity index (χ1n) is 10.6. The van der Waals surface area contributed by atoms with Crippen molar-refractivity contribution >= 4 is 23.2 Å². The van der Waals surface area contributed by atoms with E-state index in [1.807, 2.05) is 36.4 Å². The molecule has 8 nitrogen and oxygen atoms in total. The summed E-state index contributed by atoms with van der Waals surface area (Å²) in [6.45, 7) is 0.469. The first-order valence-corrected chi connectivity index (χ1v) is 10.6. The summed E-state index contributed by atoms with van der Waals surface area (Å²) in [5.74, 6) is -0.554. The highest BCUT2D eigenvalue weighted by Crippen LogP contribution is 2.25. The molecule has 4 rings (SSSR count). The number of hydrogen-bond donors (Lipinski definition) is 1. The molecule has 0 saturated carbocycles. The second kappa shape index (κ2) is 9.64. The number of amides is 2. The zero-order valence-corrected chi connectivity index (χ0v) is 18.1. The molecule has 0 bridgehead atoms. The van der Waals surface area contributed by atoms with Crippen LogP contribution < -0.4 is 10.7 Å². The van der Waals surface area contributed by atoms with Gasteiger partial charge in [0.15, 0.2) is 0 Å². The summed E-state index contributed by atoms with van der Waals surface area (Å²) in [7, 11) is 1.68. The number of aryl methyl sites for hydroxylation is 1. The van der Waals surface area contributed by atoms with Crippen LogP contribution in [0.2, 0.25) is 0 Å². The number of nitrogens with two attached hydrogens (primary N) is 1. The van der Waals surface area contributed by atoms with Gasteiger partial charge in [-0.3, -0.25) is 14.6 Å². The Balaban J connectivity index is 1.35. The first kappa shape index (κ1) is 22.2. The van der Waals surface area contributed by atoms with Crippen molar-refractivity contribution < 1.29 is 18.5 Å². The third-order valence-corrected chi connectivity index (χ3v) is 5.47. The molecule has 170 valence electrons. The maximum atomic E-state index is 13.3. The molecule has 2 heterocycles. The summed E-state index contributed by atoms with van der Waals surface area (Å²) >= 11 is 0. The minimum atomic E-state index is -0.798. The molecule has 0 saturated heterocycles. The van der Waals surface area contributed by atoms with Gasteiger partial charge >= 0.3 is 0 Å². The lowest BCUT2D eigenvalue weighted by molar-refractivity contribution is -0.123. The van der Waals surface area contributed by atoms with Crippen LogP contribution in [0.15, 0.2) is 70.3 Å². The predicted octanol–water partition coefficient (Wildman–Crippen LogP) is 2.99. The average Bonchev–Trinajstić information content (AvgIpc) is 3.47. The van der Waals surface area contributed by atoms with Crippen LogP contribution in [0, 0.1) is 5.82 Å². The number of aromatic nitrogens is 1. The number of anilines is 1. The topological polar surface area (TPSA) is 105 Å². The third-order valence-electron chi connectivity index (χ3n) is 5.47. The lowest BCUT2D eigenvalue weighted by atomic mass is 10.1. The monoisotopic (exact) mass is 449 g/mol. The Labute approximate surface area is 190 Å². The van der Waals surface area contributed by atoms with Gasteiger partial charge in [-0.2, -0.15) is 5.10 Å². The van der Waals surface area contributed by atoms with Gasteiger partial charge in [0.2, 0.25) is 5.91 Å². The van der Waals surface area contributed by atoms with E-state index in [-0.39, 0.29) is 18.0 Å². The molecule has 1 unspecified atom stereocenters. The number of carbonyl (C=O) groups excluding carboxylic acids is 2. The zero-order chi connectivity index (χ0) is 23.4. The fourth-order valence-electron chi connectivity index (χ4n) is 3.68. The lowest BCUT2D eigenvalue weighted by Crippen LogP contribution is -2.40. The summed E-state index contributed by atoms with van der Waals surface area (Å²) in [5, 5.41) is 9.80. The molecule has 1 aliphatic rings.